The molecule has 0 radical (unpaired) electrons. The summed E-state index contributed by atoms with van der Waals surface area (Å²) in [5, 5.41) is 0. The molecule has 0 spiro atoms. The number of carbonyl (C=O) groups excluding carboxylic acids is 1. The molecule has 0 unspecified atom stereocenters. The van der Waals surface area contributed by atoms with Crippen LogP contribution in [0.4, 0.5) is 8.78 Å². The van der Waals surface area contributed by atoms with E-state index in [-0.39, 0.29) is 40.7 Å². The molecular formula is C19H21F2NO6S. The van der Waals surface area contributed by atoms with E-state index in [9.17, 15) is 22.0 Å². The highest BCUT2D eigenvalue weighted by molar-refractivity contribution is 7.89. The Morgan fingerprint density at radius 1 is 1.10 bits per heavy atom. The second kappa shape index (κ2) is 9.66. The zero-order valence-electron chi connectivity index (χ0n) is 16.1. The molecule has 0 aliphatic rings. The lowest BCUT2D eigenvalue weighted by Gasteiger charge is -2.15. The largest absolute Gasteiger partial charge is 0.490 e. The molecule has 0 N–H and O–H groups in total. The van der Waals surface area contributed by atoms with Crippen molar-refractivity contribution in [1.29, 1.82) is 0 Å². The number of para-hydroxylation sites is 1. The minimum Gasteiger partial charge on any atom is -0.490 e. The highest BCUT2D eigenvalue weighted by Crippen LogP contribution is 2.33. The Balaban J connectivity index is 2.16. The Bertz CT molecular complexity index is 946. The van der Waals surface area contributed by atoms with Gasteiger partial charge in [0.2, 0.25) is 10.0 Å². The average Bonchev–Trinajstić information content (AvgIpc) is 2.67. The molecule has 158 valence electrons. The summed E-state index contributed by atoms with van der Waals surface area (Å²) in [5.41, 5.74) is 0.316. The first-order valence-corrected chi connectivity index (χ1v) is 10.00. The monoisotopic (exact) mass is 429 g/mol. The Morgan fingerprint density at radius 3 is 2.31 bits per heavy atom. The lowest BCUT2D eigenvalue weighted by Crippen LogP contribution is -2.22. The number of carbonyl (C=O) groups is 1. The van der Waals surface area contributed by atoms with Gasteiger partial charge in [-0.15, -0.1) is 0 Å². The van der Waals surface area contributed by atoms with Crippen molar-refractivity contribution in [2.75, 3.05) is 20.7 Å². The quantitative estimate of drug-likeness (QED) is 0.569. The first kappa shape index (κ1) is 22.6. The second-order valence-electron chi connectivity index (χ2n) is 5.94. The molecule has 0 aromatic heterocycles. The molecule has 0 saturated carbocycles. The highest BCUT2D eigenvalue weighted by Gasteiger charge is 2.19. The summed E-state index contributed by atoms with van der Waals surface area (Å²) in [5.74, 6) is -0.840. The van der Waals surface area contributed by atoms with Gasteiger partial charge in [-0.05, 0) is 37.3 Å². The molecule has 10 heteroatoms. The van der Waals surface area contributed by atoms with Crippen LogP contribution in [0.1, 0.15) is 22.8 Å². The van der Waals surface area contributed by atoms with E-state index in [2.05, 4.69) is 4.74 Å². The van der Waals surface area contributed by atoms with Crippen LogP contribution in [0.5, 0.6) is 11.5 Å². The molecule has 0 aliphatic heterocycles. The zero-order chi connectivity index (χ0) is 21.6. The highest BCUT2D eigenvalue weighted by atomic mass is 32.2. The van der Waals surface area contributed by atoms with Crippen LogP contribution in [-0.2, 0) is 21.4 Å². The summed E-state index contributed by atoms with van der Waals surface area (Å²) in [7, 11) is -0.831. The summed E-state index contributed by atoms with van der Waals surface area (Å²) < 4.78 is 65.6. The Kier molecular flexibility index (Phi) is 7.52. The van der Waals surface area contributed by atoms with Crippen LogP contribution in [0, 0.1) is 0 Å². The minimum absolute atomic E-state index is 0.0242. The maximum Gasteiger partial charge on any atom is 0.387 e. The summed E-state index contributed by atoms with van der Waals surface area (Å²) in [6.07, 6.45) is 0. The molecule has 7 nitrogen and oxygen atoms in total. The van der Waals surface area contributed by atoms with Gasteiger partial charge in [0, 0.05) is 19.7 Å². The molecule has 0 saturated heterocycles. The van der Waals surface area contributed by atoms with Crippen LogP contribution < -0.4 is 9.47 Å². The lowest BCUT2D eigenvalue weighted by atomic mass is 10.2. The van der Waals surface area contributed by atoms with Crippen LogP contribution in [-0.4, -0.2) is 46.0 Å². The Hall–Kier alpha value is -2.72. The lowest BCUT2D eigenvalue weighted by molar-refractivity contribution is -0.0526. The maximum absolute atomic E-state index is 12.7. The average molecular weight is 429 g/mol. The van der Waals surface area contributed by atoms with E-state index in [1.807, 2.05) is 0 Å². The predicted octanol–water partition coefficient (Wildman–Crippen LogP) is 3.29. The van der Waals surface area contributed by atoms with Crippen molar-refractivity contribution < 1.29 is 36.2 Å². The number of sulfonamides is 1. The molecule has 0 aliphatic carbocycles. The molecule has 0 atom stereocenters. The zero-order valence-corrected chi connectivity index (χ0v) is 16.9. The van der Waals surface area contributed by atoms with Crippen molar-refractivity contribution in [3.63, 3.8) is 0 Å². The number of nitrogens with zero attached hydrogens (tertiary/aromatic N) is 1. The van der Waals surface area contributed by atoms with Crippen molar-refractivity contribution in [2.24, 2.45) is 0 Å². The van der Waals surface area contributed by atoms with E-state index in [0.717, 1.165) is 4.31 Å². The van der Waals surface area contributed by atoms with Gasteiger partial charge in [0.15, 0.2) is 11.5 Å². The van der Waals surface area contributed by atoms with E-state index < -0.39 is 22.6 Å². The molecule has 2 rings (SSSR count). The number of halogens is 2. The Labute approximate surface area is 167 Å². The fourth-order valence-corrected chi connectivity index (χ4v) is 3.27. The van der Waals surface area contributed by atoms with Gasteiger partial charge in [0.25, 0.3) is 0 Å². The normalized spacial score (nSPS) is 11.6. The number of hydrogen-bond acceptors (Lipinski definition) is 6. The summed E-state index contributed by atoms with van der Waals surface area (Å²) in [6.45, 7) is -1.47. The number of benzene rings is 2. The van der Waals surface area contributed by atoms with Gasteiger partial charge in [-0.1, -0.05) is 12.1 Å². The standard InChI is InChI=1S/C19H21F2NO6S/c1-4-26-16-7-5-6-14(17(16)28-19(20)21)12-27-18(23)13-8-10-15(11-9-13)29(24,25)22(2)3/h5-11,19H,4,12H2,1-3H3. The van der Waals surface area contributed by atoms with Crippen LogP contribution in [0.25, 0.3) is 0 Å². The van der Waals surface area contributed by atoms with Crippen molar-refractivity contribution in [2.45, 2.75) is 25.0 Å². The Morgan fingerprint density at radius 2 is 1.76 bits per heavy atom. The fourth-order valence-electron chi connectivity index (χ4n) is 2.37. The van der Waals surface area contributed by atoms with Gasteiger partial charge in [0.05, 0.1) is 17.1 Å². The van der Waals surface area contributed by atoms with Crippen LogP contribution in [0.2, 0.25) is 0 Å². The SMILES string of the molecule is CCOc1cccc(COC(=O)c2ccc(S(=O)(=O)N(C)C)cc2)c1OC(F)F. The number of ether oxygens (including phenoxy) is 3. The topological polar surface area (TPSA) is 82.1 Å². The molecular weight excluding hydrogens is 408 g/mol. The molecule has 0 fully saturated rings. The number of hydrogen-bond donors (Lipinski definition) is 0. The second-order valence-corrected chi connectivity index (χ2v) is 8.10. The van der Waals surface area contributed by atoms with Crippen LogP contribution in [0.15, 0.2) is 47.4 Å². The summed E-state index contributed by atoms with van der Waals surface area (Å²) >= 11 is 0. The van der Waals surface area contributed by atoms with Crippen molar-refractivity contribution in [3.05, 3.63) is 53.6 Å². The van der Waals surface area contributed by atoms with E-state index >= 15 is 0 Å². The van der Waals surface area contributed by atoms with E-state index in [1.165, 1.54) is 50.5 Å². The number of esters is 1. The molecule has 0 heterocycles. The molecule has 0 amide bonds. The predicted molar refractivity (Wildman–Crippen MR) is 101 cm³/mol. The van der Waals surface area contributed by atoms with E-state index in [0.29, 0.717) is 0 Å². The van der Waals surface area contributed by atoms with Crippen LogP contribution >= 0.6 is 0 Å². The maximum atomic E-state index is 12.7. The first-order valence-electron chi connectivity index (χ1n) is 8.56. The van der Waals surface area contributed by atoms with Gasteiger partial charge in [-0.25, -0.2) is 17.5 Å². The van der Waals surface area contributed by atoms with E-state index in [1.54, 1.807) is 13.0 Å². The van der Waals surface area contributed by atoms with Gasteiger partial charge in [0.1, 0.15) is 6.61 Å². The fraction of sp³-hybridized carbons (Fsp3) is 0.316. The molecule has 2 aromatic carbocycles. The molecule has 29 heavy (non-hydrogen) atoms. The number of alkyl halides is 2. The molecule has 2 aromatic rings. The molecule has 0 bridgehead atoms. The minimum atomic E-state index is -3.62. The first-order chi connectivity index (χ1) is 13.7. The van der Waals surface area contributed by atoms with Crippen molar-refractivity contribution in [1.82, 2.24) is 4.31 Å². The van der Waals surface area contributed by atoms with Gasteiger partial charge < -0.3 is 14.2 Å². The van der Waals surface area contributed by atoms with Crippen LogP contribution in [0.3, 0.4) is 0 Å². The van der Waals surface area contributed by atoms with Gasteiger partial charge in [-0.3, -0.25) is 0 Å². The third-order valence-corrected chi connectivity index (χ3v) is 5.62. The number of rotatable bonds is 9. The smallest absolute Gasteiger partial charge is 0.387 e. The van der Waals surface area contributed by atoms with E-state index in [4.69, 9.17) is 9.47 Å². The third-order valence-electron chi connectivity index (χ3n) is 3.79. The summed E-state index contributed by atoms with van der Waals surface area (Å²) in [4.78, 5) is 12.3. The summed E-state index contributed by atoms with van der Waals surface area (Å²) in [6, 6.07) is 9.70. The van der Waals surface area contributed by atoms with Gasteiger partial charge >= 0.3 is 12.6 Å². The third kappa shape index (κ3) is 5.64. The van der Waals surface area contributed by atoms with Crippen molar-refractivity contribution in [3.8, 4) is 11.5 Å². The van der Waals surface area contributed by atoms with Gasteiger partial charge in [-0.2, -0.15) is 8.78 Å². The van der Waals surface area contributed by atoms with Crippen molar-refractivity contribution >= 4 is 16.0 Å².